The molecule has 0 aromatic heterocycles. The Kier molecular flexibility index (Phi) is 4.98. The van der Waals surface area contributed by atoms with Crippen LogP contribution in [0.1, 0.15) is 33.1 Å². The van der Waals surface area contributed by atoms with E-state index in [2.05, 4.69) is 15.9 Å². The summed E-state index contributed by atoms with van der Waals surface area (Å²) < 4.78 is 0. The van der Waals surface area contributed by atoms with Crippen molar-refractivity contribution in [2.24, 2.45) is 11.3 Å². The van der Waals surface area contributed by atoms with Crippen LogP contribution in [0.4, 0.5) is 0 Å². The molecule has 1 atom stereocenters. The molecule has 1 amide bonds. The SMILES string of the molecule is CCC(C)(C(=O)O)C1CCN(C(=O)CBr)CC1. The number of amides is 1. The minimum Gasteiger partial charge on any atom is -0.481 e. The third-order valence-electron chi connectivity index (χ3n) is 4.09. The Labute approximate surface area is 110 Å². The average molecular weight is 306 g/mol. The van der Waals surface area contributed by atoms with Crippen LogP contribution in [-0.2, 0) is 9.59 Å². The molecule has 0 aromatic carbocycles. The molecular formula is C12H20BrNO3. The fourth-order valence-electron chi connectivity index (χ4n) is 2.47. The lowest BCUT2D eigenvalue weighted by atomic mass is 9.70. The Bertz CT molecular complexity index is 300. The Morgan fingerprint density at radius 2 is 1.94 bits per heavy atom. The van der Waals surface area contributed by atoms with E-state index < -0.39 is 11.4 Å². The molecule has 1 saturated heterocycles. The second-order valence-electron chi connectivity index (χ2n) is 4.86. The van der Waals surface area contributed by atoms with Gasteiger partial charge in [-0.1, -0.05) is 22.9 Å². The van der Waals surface area contributed by atoms with E-state index in [-0.39, 0.29) is 11.8 Å². The van der Waals surface area contributed by atoms with E-state index in [0.29, 0.717) is 24.8 Å². The highest BCUT2D eigenvalue weighted by atomic mass is 79.9. The van der Waals surface area contributed by atoms with Gasteiger partial charge in [0, 0.05) is 13.1 Å². The van der Waals surface area contributed by atoms with Gasteiger partial charge in [-0.2, -0.15) is 0 Å². The number of nitrogens with zero attached hydrogens (tertiary/aromatic N) is 1. The number of halogens is 1. The van der Waals surface area contributed by atoms with Crippen LogP contribution in [0.5, 0.6) is 0 Å². The van der Waals surface area contributed by atoms with Gasteiger partial charge in [-0.25, -0.2) is 0 Å². The highest BCUT2D eigenvalue weighted by Crippen LogP contribution is 2.38. The van der Waals surface area contributed by atoms with Gasteiger partial charge in [-0.05, 0) is 32.1 Å². The lowest BCUT2D eigenvalue weighted by Crippen LogP contribution is -2.45. The van der Waals surface area contributed by atoms with E-state index in [9.17, 15) is 14.7 Å². The maximum Gasteiger partial charge on any atom is 0.309 e. The van der Waals surface area contributed by atoms with Crippen LogP contribution in [0.3, 0.4) is 0 Å². The molecule has 0 aromatic rings. The summed E-state index contributed by atoms with van der Waals surface area (Å²) in [4.78, 5) is 24.6. The van der Waals surface area contributed by atoms with Crippen LogP contribution >= 0.6 is 15.9 Å². The number of carbonyl (C=O) groups is 2. The standard InChI is InChI=1S/C12H20BrNO3/c1-3-12(2,11(16)17)9-4-6-14(7-5-9)10(15)8-13/h9H,3-8H2,1-2H3,(H,16,17). The van der Waals surface area contributed by atoms with E-state index in [1.54, 1.807) is 0 Å². The number of carboxylic acids is 1. The van der Waals surface area contributed by atoms with Crippen LogP contribution in [0, 0.1) is 11.3 Å². The van der Waals surface area contributed by atoms with E-state index in [1.165, 1.54) is 0 Å². The van der Waals surface area contributed by atoms with Crippen LogP contribution in [0.15, 0.2) is 0 Å². The molecule has 4 nitrogen and oxygen atoms in total. The Morgan fingerprint density at radius 1 is 1.41 bits per heavy atom. The summed E-state index contributed by atoms with van der Waals surface area (Å²) in [6.07, 6.45) is 2.21. The summed E-state index contributed by atoms with van der Waals surface area (Å²) in [5.74, 6) is -0.452. The van der Waals surface area contributed by atoms with Gasteiger partial charge in [0.15, 0.2) is 0 Å². The second-order valence-corrected chi connectivity index (χ2v) is 5.43. The summed E-state index contributed by atoms with van der Waals surface area (Å²) in [5, 5.41) is 9.67. The molecule has 5 heteroatoms. The number of carbonyl (C=O) groups excluding carboxylic acids is 1. The first-order valence-electron chi connectivity index (χ1n) is 6.02. The molecule has 1 fully saturated rings. The Balaban J connectivity index is 2.62. The van der Waals surface area contributed by atoms with Gasteiger partial charge in [0.1, 0.15) is 0 Å². The predicted molar refractivity (Wildman–Crippen MR) is 69.1 cm³/mol. The highest BCUT2D eigenvalue weighted by molar-refractivity contribution is 9.09. The predicted octanol–water partition coefficient (Wildman–Crippen LogP) is 2.12. The van der Waals surface area contributed by atoms with Crippen molar-refractivity contribution in [1.29, 1.82) is 0 Å². The van der Waals surface area contributed by atoms with E-state index in [1.807, 2.05) is 18.7 Å². The van der Waals surface area contributed by atoms with Gasteiger partial charge in [0.05, 0.1) is 10.7 Å². The molecule has 1 N–H and O–H groups in total. The molecule has 98 valence electrons. The largest absolute Gasteiger partial charge is 0.481 e. The molecule has 1 unspecified atom stereocenters. The maximum absolute atomic E-state index is 11.5. The third kappa shape index (κ3) is 3.00. The lowest BCUT2D eigenvalue weighted by molar-refractivity contribution is -0.153. The van der Waals surface area contributed by atoms with Crippen molar-refractivity contribution in [1.82, 2.24) is 4.90 Å². The maximum atomic E-state index is 11.5. The van der Waals surface area contributed by atoms with Gasteiger partial charge in [0.2, 0.25) is 5.91 Å². The third-order valence-corrected chi connectivity index (χ3v) is 4.57. The molecule has 1 heterocycles. The molecule has 17 heavy (non-hydrogen) atoms. The van der Waals surface area contributed by atoms with Gasteiger partial charge in [-0.3, -0.25) is 9.59 Å². The fourth-order valence-corrected chi connectivity index (χ4v) is 2.82. The molecule has 0 saturated carbocycles. The van der Waals surface area contributed by atoms with Crippen molar-refractivity contribution >= 4 is 27.8 Å². The zero-order valence-corrected chi connectivity index (χ0v) is 12.0. The van der Waals surface area contributed by atoms with E-state index >= 15 is 0 Å². The minimum atomic E-state index is -0.717. The summed E-state index contributed by atoms with van der Waals surface area (Å²) in [6, 6.07) is 0. The van der Waals surface area contributed by atoms with Crippen LogP contribution in [0.2, 0.25) is 0 Å². The number of likely N-dealkylation sites (tertiary alicyclic amines) is 1. The van der Waals surface area contributed by atoms with Gasteiger partial charge in [-0.15, -0.1) is 0 Å². The number of aliphatic carboxylic acids is 1. The highest BCUT2D eigenvalue weighted by Gasteiger charge is 2.41. The zero-order valence-electron chi connectivity index (χ0n) is 10.4. The molecule has 0 bridgehead atoms. The van der Waals surface area contributed by atoms with Crippen molar-refractivity contribution in [2.45, 2.75) is 33.1 Å². The summed E-state index contributed by atoms with van der Waals surface area (Å²) >= 11 is 3.16. The van der Waals surface area contributed by atoms with Crippen molar-refractivity contribution in [2.75, 3.05) is 18.4 Å². The molecular weight excluding hydrogens is 286 g/mol. The lowest BCUT2D eigenvalue weighted by Gasteiger charge is -2.39. The number of alkyl halides is 1. The van der Waals surface area contributed by atoms with Crippen molar-refractivity contribution in [3.05, 3.63) is 0 Å². The van der Waals surface area contributed by atoms with Crippen molar-refractivity contribution in [3.63, 3.8) is 0 Å². The first kappa shape index (κ1) is 14.5. The number of hydrogen-bond acceptors (Lipinski definition) is 2. The first-order valence-corrected chi connectivity index (χ1v) is 7.15. The van der Waals surface area contributed by atoms with E-state index in [0.717, 1.165) is 12.8 Å². The number of piperidine rings is 1. The quantitative estimate of drug-likeness (QED) is 0.809. The average Bonchev–Trinajstić information content (AvgIpc) is 2.36. The molecule has 0 aliphatic carbocycles. The van der Waals surface area contributed by atoms with Gasteiger partial charge >= 0.3 is 5.97 Å². The molecule has 0 radical (unpaired) electrons. The van der Waals surface area contributed by atoms with Crippen LogP contribution < -0.4 is 0 Å². The Morgan fingerprint density at radius 3 is 2.29 bits per heavy atom. The zero-order chi connectivity index (χ0) is 13.1. The summed E-state index contributed by atoms with van der Waals surface area (Å²) in [7, 11) is 0. The number of rotatable bonds is 4. The van der Waals surface area contributed by atoms with Crippen molar-refractivity contribution < 1.29 is 14.7 Å². The van der Waals surface area contributed by atoms with E-state index in [4.69, 9.17) is 0 Å². The first-order chi connectivity index (χ1) is 7.95. The van der Waals surface area contributed by atoms with Gasteiger partial charge in [0.25, 0.3) is 0 Å². The summed E-state index contributed by atoms with van der Waals surface area (Å²) in [6.45, 7) is 5.10. The smallest absolute Gasteiger partial charge is 0.309 e. The number of hydrogen-bond donors (Lipinski definition) is 1. The van der Waals surface area contributed by atoms with Crippen LogP contribution in [0.25, 0.3) is 0 Å². The molecule has 1 aliphatic rings. The van der Waals surface area contributed by atoms with Crippen molar-refractivity contribution in [3.8, 4) is 0 Å². The molecule has 0 spiro atoms. The summed E-state index contributed by atoms with van der Waals surface area (Å²) in [5.41, 5.74) is -0.649. The monoisotopic (exact) mass is 305 g/mol. The fraction of sp³-hybridized carbons (Fsp3) is 0.833. The topological polar surface area (TPSA) is 57.6 Å². The second kappa shape index (κ2) is 5.85. The van der Waals surface area contributed by atoms with Crippen LogP contribution in [-0.4, -0.2) is 40.3 Å². The minimum absolute atomic E-state index is 0.0944. The molecule has 1 rings (SSSR count). The number of carboxylic acid groups (broad SMARTS) is 1. The normalized spacial score (nSPS) is 21.0. The Hall–Kier alpha value is -0.580. The molecule has 1 aliphatic heterocycles. The van der Waals surface area contributed by atoms with Gasteiger partial charge < -0.3 is 10.0 Å².